The lowest BCUT2D eigenvalue weighted by Gasteiger charge is -2.19. The third-order valence-electron chi connectivity index (χ3n) is 4.77. The summed E-state index contributed by atoms with van der Waals surface area (Å²) < 4.78 is 10.4. The van der Waals surface area contributed by atoms with Crippen molar-refractivity contribution in [1.82, 2.24) is 4.98 Å². The van der Waals surface area contributed by atoms with E-state index in [1.54, 1.807) is 25.6 Å². The van der Waals surface area contributed by atoms with Crippen LogP contribution in [-0.4, -0.2) is 32.3 Å². The Morgan fingerprint density at radius 1 is 1.13 bits per heavy atom. The predicted octanol–water partition coefficient (Wildman–Crippen LogP) is 5.61. The van der Waals surface area contributed by atoms with E-state index in [-0.39, 0.29) is 0 Å². The second-order valence-corrected chi connectivity index (χ2v) is 8.46. The smallest absolute Gasteiger partial charge is 0.186 e. The molecule has 0 aliphatic carbocycles. The largest absolute Gasteiger partial charge is 0.497 e. The van der Waals surface area contributed by atoms with Crippen LogP contribution in [0.5, 0.6) is 5.75 Å². The summed E-state index contributed by atoms with van der Waals surface area (Å²) in [5.41, 5.74) is 4.20. The van der Waals surface area contributed by atoms with E-state index in [4.69, 9.17) is 32.5 Å². The van der Waals surface area contributed by atoms with Crippen molar-refractivity contribution in [3.05, 3.63) is 63.5 Å². The van der Waals surface area contributed by atoms with E-state index >= 15 is 0 Å². The van der Waals surface area contributed by atoms with Gasteiger partial charge in [-0.2, -0.15) is 0 Å². The highest BCUT2D eigenvalue weighted by molar-refractivity contribution is 7.16. The quantitative estimate of drug-likeness (QED) is 0.405. The average molecular weight is 441 g/mol. The molecule has 2 aromatic carbocycles. The molecule has 4 nitrogen and oxygen atoms in total. The number of benzene rings is 2. The van der Waals surface area contributed by atoms with Crippen LogP contribution in [0.3, 0.4) is 0 Å². The summed E-state index contributed by atoms with van der Waals surface area (Å²) in [6.45, 7) is 3.97. The van der Waals surface area contributed by atoms with Gasteiger partial charge in [-0.05, 0) is 42.7 Å². The van der Waals surface area contributed by atoms with Gasteiger partial charge in [0.05, 0.1) is 31.0 Å². The molecular formula is C24H25ClN2O2S. The molecule has 30 heavy (non-hydrogen) atoms. The van der Waals surface area contributed by atoms with Crippen LogP contribution in [0.2, 0.25) is 5.02 Å². The maximum absolute atomic E-state index is 6.47. The molecule has 3 rings (SSSR count). The molecular weight excluding hydrogens is 416 g/mol. The van der Waals surface area contributed by atoms with Crippen LogP contribution in [0.1, 0.15) is 16.0 Å². The maximum atomic E-state index is 6.47. The Labute approximate surface area is 187 Å². The number of nitrogens with zero attached hydrogens (tertiary/aromatic N) is 2. The predicted molar refractivity (Wildman–Crippen MR) is 126 cm³/mol. The lowest BCUT2D eigenvalue weighted by Crippen LogP contribution is -2.26. The molecule has 0 amide bonds. The second-order valence-electron chi connectivity index (χ2n) is 6.87. The second kappa shape index (κ2) is 10.5. The number of halogens is 1. The molecule has 0 saturated carbocycles. The van der Waals surface area contributed by atoms with Crippen LogP contribution in [0.15, 0.2) is 42.5 Å². The molecule has 0 unspecified atom stereocenters. The van der Waals surface area contributed by atoms with Crippen molar-refractivity contribution in [3.8, 4) is 29.4 Å². The molecule has 1 heterocycles. The molecule has 0 spiro atoms. The van der Waals surface area contributed by atoms with E-state index in [1.165, 1.54) is 11.1 Å². The number of aromatic nitrogens is 1. The molecule has 156 valence electrons. The van der Waals surface area contributed by atoms with Crippen LogP contribution in [0.4, 0.5) is 5.13 Å². The molecule has 6 heteroatoms. The van der Waals surface area contributed by atoms with Crippen molar-refractivity contribution >= 4 is 28.1 Å². The van der Waals surface area contributed by atoms with Gasteiger partial charge in [0.2, 0.25) is 0 Å². The average Bonchev–Trinajstić information content (AvgIpc) is 3.13. The van der Waals surface area contributed by atoms with Gasteiger partial charge in [-0.1, -0.05) is 41.8 Å². The Bertz CT molecular complexity index is 1020. The Hall–Kier alpha value is -2.52. The maximum Gasteiger partial charge on any atom is 0.186 e. The van der Waals surface area contributed by atoms with Crippen molar-refractivity contribution in [3.63, 3.8) is 0 Å². The topological polar surface area (TPSA) is 34.6 Å². The fourth-order valence-electron chi connectivity index (χ4n) is 3.17. The Morgan fingerprint density at radius 3 is 2.50 bits per heavy atom. The molecule has 0 atom stereocenters. The Kier molecular flexibility index (Phi) is 7.75. The van der Waals surface area contributed by atoms with E-state index in [2.05, 4.69) is 42.0 Å². The normalized spacial score (nSPS) is 10.6. The number of aryl methyl sites for hydroxylation is 1. The highest BCUT2D eigenvalue weighted by Gasteiger charge is 2.17. The SMILES string of the molecule is C#CCN(CCc1ccc(COC)cc1)c1nc(-c2ccc(OC)cc2Cl)c(C)s1. The number of ether oxygens (including phenoxy) is 2. The molecule has 0 fully saturated rings. The van der Waals surface area contributed by atoms with Crippen molar-refractivity contribution in [1.29, 1.82) is 0 Å². The van der Waals surface area contributed by atoms with E-state index in [9.17, 15) is 0 Å². The number of methoxy groups -OCH3 is 2. The van der Waals surface area contributed by atoms with Crippen molar-refractivity contribution < 1.29 is 9.47 Å². The minimum atomic E-state index is 0.504. The first-order valence-electron chi connectivity index (χ1n) is 9.62. The minimum Gasteiger partial charge on any atom is -0.497 e. The Morgan fingerprint density at radius 2 is 1.87 bits per heavy atom. The molecule has 0 aliphatic rings. The zero-order chi connectivity index (χ0) is 21.5. The van der Waals surface area contributed by atoms with Gasteiger partial charge < -0.3 is 14.4 Å². The van der Waals surface area contributed by atoms with Gasteiger partial charge in [0.25, 0.3) is 0 Å². The zero-order valence-corrected chi connectivity index (χ0v) is 19.0. The van der Waals surface area contributed by atoms with Crippen molar-refractivity contribution in [2.45, 2.75) is 20.0 Å². The number of rotatable bonds is 9. The molecule has 1 aromatic heterocycles. The van der Waals surface area contributed by atoms with Crippen LogP contribution in [0, 0.1) is 19.3 Å². The number of terminal acetylenes is 1. The number of thiazole rings is 1. The molecule has 0 aliphatic heterocycles. The van der Waals surface area contributed by atoms with E-state index in [0.29, 0.717) is 18.2 Å². The van der Waals surface area contributed by atoms with Crippen LogP contribution >= 0.6 is 22.9 Å². The van der Waals surface area contributed by atoms with Crippen LogP contribution in [-0.2, 0) is 17.8 Å². The lowest BCUT2D eigenvalue weighted by atomic mass is 10.1. The number of hydrogen-bond acceptors (Lipinski definition) is 5. The summed E-state index contributed by atoms with van der Waals surface area (Å²) in [5.74, 6) is 3.48. The van der Waals surface area contributed by atoms with Crippen molar-refractivity contribution in [2.75, 3.05) is 32.2 Å². The summed E-state index contributed by atoms with van der Waals surface area (Å²) in [4.78, 5) is 8.11. The first-order chi connectivity index (χ1) is 14.5. The molecule has 0 N–H and O–H groups in total. The Balaban J connectivity index is 1.78. The molecule has 0 radical (unpaired) electrons. The number of anilines is 1. The van der Waals surface area contributed by atoms with Gasteiger partial charge in [0.1, 0.15) is 5.75 Å². The lowest BCUT2D eigenvalue weighted by molar-refractivity contribution is 0.185. The summed E-state index contributed by atoms with van der Waals surface area (Å²) >= 11 is 8.10. The first kappa shape index (κ1) is 22.2. The standard InChI is InChI=1S/C24H25ClN2O2S/c1-5-13-27(14-12-18-6-8-19(9-7-18)16-28-3)24-26-23(17(2)30-24)21-11-10-20(29-4)15-22(21)25/h1,6-11,15H,12-14,16H2,2-4H3. The van der Waals surface area contributed by atoms with Crippen LogP contribution in [0.25, 0.3) is 11.3 Å². The minimum absolute atomic E-state index is 0.504. The molecule has 3 aromatic rings. The molecule has 0 saturated heterocycles. The third kappa shape index (κ3) is 5.34. The van der Waals surface area contributed by atoms with Gasteiger partial charge >= 0.3 is 0 Å². The monoisotopic (exact) mass is 440 g/mol. The fraction of sp³-hybridized carbons (Fsp3) is 0.292. The first-order valence-corrected chi connectivity index (χ1v) is 10.8. The van der Waals surface area contributed by atoms with E-state index < -0.39 is 0 Å². The third-order valence-corrected chi connectivity index (χ3v) is 6.12. The summed E-state index contributed by atoms with van der Waals surface area (Å²) in [7, 11) is 3.33. The number of hydrogen-bond donors (Lipinski definition) is 0. The highest BCUT2D eigenvalue weighted by atomic mass is 35.5. The fourth-order valence-corrected chi connectivity index (χ4v) is 4.38. The van der Waals surface area contributed by atoms with Gasteiger partial charge in [-0.15, -0.1) is 17.8 Å². The van der Waals surface area contributed by atoms with Gasteiger partial charge in [-0.3, -0.25) is 0 Å². The van der Waals surface area contributed by atoms with Gasteiger partial charge in [-0.25, -0.2) is 4.98 Å². The van der Waals surface area contributed by atoms with E-state index in [0.717, 1.165) is 40.0 Å². The summed E-state index contributed by atoms with van der Waals surface area (Å²) in [6.07, 6.45) is 6.52. The summed E-state index contributed by atoms with van der Waals surface area (Å²) in [6, 6.07) is 14.1. The van der Waals surface area contributed by atoms with Gasteiger partial charge in [0, 0.05) is 24.1 Å². The van der Waals surface area contributed by atoms with Crippen LogP contribution < -0.4 is 9.64 Å². The van der Waals surface area contributed by atoms with E-state index in [1.807, 2.05) is 18.2 Å². The van der Waals surface area contributed by atoms with Crippen molar-refractivity contribution in [2.24, 2.45) is 0 Å². The van der Waals surface area contributed by atoms with Gasteiger partial charge in [0.15, 0.2) is 5.13 Å². The molecule has 0 bridgehead atoms. The summed E-state index contributed by atoms with van der Waals surface area (Å²) in [5, 5.41) is 1.53. The highest BCUT2D eigenvalue weighted by Crippen LogP contribution is 2.37. The zero-order valence-electron chi connectivity index (χ0n) is 17.4.